The Labute approximate surface area is 173 Å². The van der Waals surface area contributed by atoms with Crippen molar-refractivity contribution in [1.29, 1.82) is 0 Å². The number of allylic oxidation sites excluding steroid dienone is 2. The van der Waals surface area contributed by atoms with Crippen LogP contribution in [-0.2, 0) is 19.1 Å². The summed E-state index contributed by atoms with van der Waals surface area (Å²) in [5.74, 6) is 1.65. The van der Waals surface area contributed by atoms with Crippen LogP contribution in [0.15, 0.2) is 23.8 Å². The SMILES string of the molecule is C=C1[C@H]2C(=O)C=C3CC[C@@H]4[C@H](CC[C@@]5(C)[C@H]4CC[C@]5(OC(C)=O)C(C)=O)[C@@]3(C)[C@@H]12. The number of esters is 1. The van der Waals surface area contributed by atoms with E-state index in [1.165, 1.54) is 12.5 Å². The van der Waals surface area contributed by atoms with Crippen molar-refractivity contribution in [2.45, 2.75) is 71.8 Å². The second-order valence-corrected chi connectivity index (χ2v) is 10.8. The minimum absolute atomic E-state index is 0.00217. The Morgan fingerprint density at radius 2 is 1.79 bits per heavy atom. The molecule has 4 saturated carbocycles. The maximum atomic E-state index is 12.8. The van der Waals surface area contributed by atoms with Gasteiger partial charge in [0.2, 0.25) is 0 Å². The molecule has 4 nitrogen and oxygen atoms in total. The summed E-state index contributed by atoms with van der Waals surface area (Å²) >= 11 is 0. The normalized spacial score (nSPS) is 49.9. The molecule has 0 unspecified atom stereocenters. The van der Waals surface area contributed by atoms with Crippen LogP contribution in [0.3, 0.4) is 0 Å². The molecule has 0 aliphatic heterocycles. The van der Waals surface area contributed by atoms with Gasteiger partial charge in [-0.1, -0.05) is 31.6 Å². The minimum Gasteiger partial charge on any atom is -0.451 e. The highest BCUT2D eigenvalue weighted by Crippen LogP contribution is 2.73. The molecule has 4 heteroatoms. The van der Waals surface area contributed by atoms with Crippen LogP contribution in [0.4, 0.5) is 0 Å². The fourth-order valence-corrected chi connectivity index (χ4v) is 8.64. The van der Waals surface area contributed by atoms with Crippen LogP contribution in [0.1, 0.15) is 66.2 Å². The molecule has 8 atom stereocenters. The van der Waals surface area contributed by atoms with Crippen molar-refractivity contribution in [2.24, 2.45) is 40.4 Å². The number of rotatable bonds is 2. The number of carbonyl (C=O) groups excluding carboxylic acids is 3. The Balaban J connectivity index is 1.54. The molecule has 156 valence electrons. The van der Waals surface area contributed by atoms with Gasteiger partial charge in [-0.3, -0.25) is 14.4 Å². The van der Waals surface area contributed by atoms with E-state index in [9.17, 15) is 14.4 Å². The van der Waals surface area contributed by atoms with Gasteiger partial charge in [-0.15, -0.1) is 0 Å². The van der Waals surface area contributed by atoms with Gasteiger partial charge in [-0.05, 0) is 74.7 Å². The van der Waals surface area contributed by atoms with E-state index in [1.54, 1.807) is 6.92 Å². The van der Waals surface area contributed by atoms with Gasteiger partial charge < -0.3 is 4.74 Å². The van der Waals surface area contributed by atoms with E-state index in [4.69, 9.17) is 4.74 Å². The Morgan fingerprint density at radius 1 is 1.10 bits per heavy atom. The molecule has 29 heavy (non-hydrogen) atoms. The summed E-state index contributed by atoms with van der Waals surface area (Å²) < 4.78 is 5.85. The molecule has 0 saturated heterocycles. The average Bonchev–Trinajstić information content (AvgIpc) is 3.24. The lowest BCUT2D eigenvalue weighted by atomic mass is 9.46. The predicted molar refractivity (Wildman–Crippen MR) is 109 cm³/mol. The summed E-state index contributed by atoms with van der Waals surface area (Å²) in [6, 6.07) is 0. The molecule has 5 rings (SSSR count). The minimum atomic E-state index is -0.972. The topological polar surface area (TPSA) is 60.4 Å². The smallest absolute Gasteiger partial charge is 0.303 e. The van der Waals surface area contributed by atoms with Crippen LogP contribution in [-0.4, -0.2) is 23.1 Å². The summed E-state index contributed by atoms with van der Waals surface area (Å²) in [5.41, 5.74) is 1.22. The molecule has 0 bridgehead atoms. The highest BCUT2D eigenvalue weighted by Gasteiger charge is 2.71. The van der Waals surface area contributed by atoms with E-state index < -0.39 is 5.60 Å². The molecule has 0 aromatic heterocycles. The monoisotopic (exact) mass is 396 g/mol. The summed E-state index contributed by atoms with van der Waals surface area (Å²) in [4.78, 5) is 37.2. The van der Waals surface area contributed by atoms with Gasteiger partial charge >= 0.3 is 5.97 Å². The number of hydrogen-bond acceptors (Lipinski definition) is 4. The third-order valence-corrected chi connectivity index (χ3v) is 9.94. The first-order valence-corrected chi connectivity index (χ1v) is 11.2. The van der Waals surface area contributed by atoms with Crippen molar-refractivity contribution in [3.63, 3.8) is 0 Å². The lowest BCUT2D eigenvalue weighted by Crippen LogP contribution is -2.58. The molecule has 0 radical (unpaired) electrons. The number of hydrogen-bond donors (Lipinski definition) is 0. The number of fused-ring (bicyclic) bond motifs is 7. The summed E-state index contributed by atoms with van der Waals surface area (Å²) in [7, 11) is 0. The maximum Gasteiger partial charge on any atom is 0.303 e. The van der Waals surface area contributed by atoms with Crippen molar-refractivity contribution in [3.05, 3.63) is 23.8 Å². The van der Waals surface area contributed by atoms with Gasteiger partial charge in [-0.25, -0.2) is 0 Å². The van der Waals surface area contributed by atoms with Crippen LogP contribution < -0.4 is 0 Å². The Bertz CT molecular complexity index is 883. The number of ether oxygens (including phenoxy) is 1. The van der Waals surface area contributed by atoms with Crippen molar-refractivity contribution in [1.82, 2.24) is 0 Å². The van der Waals surface area contributed by atoms with Crippen LogP contribution in [0.2, 0.25) is 0 Å². The van der Waals surface area contributed by atoms with Gasteiger partial charge in [-0.2, -0.15) is 0 Å². The molecule has 0 heterocycles. The Kier molecular flexibility index (Phi) is 3.79. The van der Waals surface area contributed by atoms with Crippen LogP contribution in [0.5, 0.6) is 0 Å². The van der Waals surface area contributed by atoms with Gasteiger partial charge in [0.15, 0.2) is 17.2 Å². The van der Waals surface area contributed by atoms with Crippen LogP contribution in [0.25, 0.3) is 0 Å². The first-order chi connectivity index (χ1) is 13.6. The number of Topliss-reactive ketones (excluding diaryl/α,β-unsaturated/α-hetero) is 1. The standard InChI is InChI=1S/C25H32O4/c1-13-21-20(28)12-16-6-7-17-18-9-11-25(14(2)26,29-15(3)27)23(18,4)10-8-19(17)24(16,5)22(13)21/h12,17-19,21-22H,1,6-11H2,2-5H3/t17-,18-,19-,21-,22-,23-,24-,25-/m0/s1. The zero-order valence-corrected chi connectivity index (χ0v) is 18.0. The highest BCUT2D eigenvalue weighted by molar-refractivity contribution is 6.00. The van der Waals surface area contributed by atoms with Crippen molar-refractivity contribution in [3.8, 4) is 0 Å². The second kappa shape index (κ2) is 5.70. The third-order valence-electron chi connectivity index (χ3n) is 9.94. The predicted octanol–water partition coefficient (Wildman–Crippen LogP) is 4.43. The van der Waals surface area contributed by atoms with Crippen molar-refractivity contribution >= 4 is 17.5 Å². The van der Waals surface area contributed by atoms with Crippen LogP contribution >= 0.6 is 0 Å². The summed E-state index contributed by atoms with van der Waals surface area (Å²) in [6.07, 6.45) is 7.47. The second-order valence-electron chi connectivity index (χ2n) is 10.8. The number of ketones is 2. The van der Waals surface area contributed by atoms with E-state index in [1.807, 2.05) is 6.08 Å². The molecule has 0 amide bonds. The summed E-state index contributed by atoms with van der Waals surface area (Å²) in [5, 5.41) is 0. The molecule has 0 aromatic carbocycles. The van der Waals surface area contributed by atoms with E-state index in [2.05, 4.69) is 20.4 Å². The average molecular weight is 397 g/mol. The lowest BCUT2D eigenvalue weighted by molar-refractivity contribution is -0.187. The zero-order valence-electron chi connectivity index (χ0n) is 18.0. The Hall–Kier alpha value is -1.71. The largest absolute Gasteiger partial charge is 0.451 e. The van der Waals surface area contributed by atoms with E-state index in [0.29, 0.717) is 30.1 Å². The quantitative estimate of drug-likeness (QED) is 0.512. The molecule has 0 aromatic rings. The fourth-order valence-electron chi connectivity index (χ4n) is 8.64. The third kappa shape index (κ3) is 2.13. The van der Waals surface area contributed by atoms with Gasteiger partial charge in [0.1, 0.15) is 0 Å². The molecule has 5 aliphatic carbocycles. The van der Waals surface area contributed by atoms with Crippen molar-refractivity contribution < 1.29 is 19.1 Å². The summed E-state index contributed by atoms with van der Waals surface area (Å²) in [6.45, 7) is 11.8. The first kappa shape index (κ1) is 19.3. The van der Waals surface area contributed by atoms with Crippen molar-refractivity contribution in [2.75, 3.05) is 0 Å². The van der Waals surface area contributed by atoms with Gasteiger partial charge in [0.25, 0.3) is 0 Å². The van der Waals surface area contributed by atoms with E-state index >= 15 is 0 Å². The zero-order chi connectivity index (χ0) is 20.9. The molecule has 0 N–H and O–H groups in total. The first-order valence-electron chi connectivity index (χ1n) is 11.2. The van der Waals surface area contributed by atoms with E-state index in [-0.39, 0.29) is 34.3 Å². The van der Waals surface area contributed by atoms with E-state index in [0.717, 1.165) is 37.7 Å². The van der Waals surface area contributed by atoms with Crippen LogP contribution in [0, 0.1) is 40.4 Å². The number of carbonyl (C=O) groups is 3. The molecule has 4 fully saturated rings. The maximum absolute atomic E-state index is 12.8. The Morgan fingerprint density at radius 3 is 2.45 bits per heavy atom. The fraction of sp³-hybridized carbons (Fsp3) is 0.720. The van der Waals surface area contributed by atoms with Gasteiger partial charge in [0.05, 0.1) is 5.92 Å². The molecular formula is C25H32O4. The highest BCUT2D eigenvalue weighted by atomic mass is 16.6. The molecular weight excluding hydrogens is 364 g/mol. The molecule has 0 spiro atoms. The molecule has 5 aliphatic rings. The van der Waals surface area contributed by atoms with Gasteiger partial charge in [0, 0.05) is 18.3 Å². The lowest BCUT2D eigenvalue weighted by Gasteiger charge is -2.59.